The Labute approximate surface area is 121 Å². The summed E-state index contributed by atoms with van der Waals surface area (Å²) in [5.41, 5.74) is 0. The normalized spacial score (nSPS) is 18.8. The Hall–Kier alpha value is -1.60. The van der Waals surface area contributed by atoms with Crippen LogP contribution in [0.25, 0.3) is 0 Å². The van der Waals surface area contributed by atoms with Gasteiger partial charge in [0, 0.05) is 23.8 Å². The van der Waals surface area contributed by atoms with Gasteiger partial charge in [-0.15, -0.1) is 11.8 Å². The van der Waals surface area contributed by atoms with Gasteiger partial charge in [-0.25, -0.2) is 0 Å². The van der Waals surface area contributed by atoms with Gasteiger partial charge in [-0.05, 0) is 12.1 Å². The fraction of sp³-hybridized carbons (Fsp3) is 0.462. The smallest absolute Gasteiger partial charge is 0.305 e. The molecule has 108 valence electrons. The number of pyridine rings is 1. The largest absolute Gasteiger partial charge is 0.481 e. The van der Waals surface area contributed by atoms with Crippen molar-refractivity contribution in [3.05, 3.63) is 24.5 Å². The highest BCUT2D eigenvalue weighted by Crippen LogP contribution is 2.19. The highest BCUT2D eigenvalue weighted by molar-refractivity contribution is 8.00. The van der Waals surface area contributed by atoms with Crippen molar-refractivity contribution in [3.8, 4) is 0 Å². The number of hydrogen-bond acceptors (Lipinski definition) is 5. The van der Waals surface area contributed by atoms with E-state index in [1.165, 1.54) is 11.8 Å². The van der Waals surface area contributed by atoms with Crippen LogP contribution in [-0.2, 0) is 14.3 Å². The number of ether oxygens (including phenoxy) is 1. The number of amides is 1. The number of hydrogen-bond donors (Lipinski definition) is 1. The molecule has 0 aliphatic carbocycles. The highest BCUT2D eigenvalue weighted by atomic mass is 32.2. The predicted molar refractivity (Wildman–Crippen MR) is 73.5 cm³/mol. The van der Waals surface area contributed by atoms with E-state index in [4.69, 9.17) is 9.84 Å². The third kappa shape index (κ3) is 4.21. The van der Waals surface area contributed by atoms with Crippen LogP contribution in [0.2, 0.25) is 0 Å². The second kappa shape index (κ2) is 7.25. The second-order valence-electron chi connectivity index (χ2n) is 4.39. The van der Waals surface area contributed by atoms with Crippen molar-refractivity contribution < 1.29 is 19.4 Å². The van der Waals surface area contributed by atoms with Crippen molar-refractivity contribution >= 4 is 23.6 Å². The topological polar surface area (TPSA) is 79.7 Å². The van der Waals surface area contributed by atoms with E-state index in [0.29, 0.717) is 18.9 Å². The Bertz CT molecular complexity index is 469. The molecule has 1 N–H and O–H groups in total. The number of carboxylic acids is 1. The second-order valence-corrected chi connectivity index (χ2v) is 5.43. The number of thioether (sulfide) groups is 1. The lowest BCUT2D eigenvalue weighted by Crippen LogP contribution is -2.50. The Balaban J connectivity index is 1.90. The average molecular weight is 296 g/mol. The molecular weight excluding hydrogens is 280 g/mol. The van der Waals surface area contributed by atoms with Gasteiger partial charge >= 0.3 is 5.97 Å². The summed E-state index contributed by atoms with van der Waals surface area (Å²) in [6, 6.07) is 3.31. The van der Waals surface area contributed by atoms with Crippen molar-refractivity contribution in [3.63, 3.8) is 0 Å². The zero-order valence-electron chi connectivity index (χ0n) is 10.9. The van der Waals surface area contributed by atoms with Crippen molar-refractivity contribution in [1.82, 2.24) is 9.88 Å². The van der Waals surface area contributed by atoms with Crippen LogP contribution in [-0.4, -0.2) is 58.4 Å². The molecule has 7 heteroatoms. The number of carboxylic acid groups (broad SMARTS) is 1. The van der Waals surface area contributed by atoms with Crippen LogP contribution in [0.3, 0.4) is 0 Å². The van der Waals surface area contributed by atoms with E-state index in [0.717, 1.165) is 4.90 Å². The lowest BCUT2D eigenvalue weighted by Gasteiger charge is -2.34. The molecule has 1 aromatic rings. The summed E-state index contributed by atoms with van der Waals surface area (Å²) >= 11 is 1.42. The molecule has 0 radical (unpaired) electrons. The van der Waals surface area contributed by atoms with Crippen LogP contribution in [0.5, 0.6) is 0 Å². The summed E-state index contributed by atoms with van der Waals surface area (Å²) in [7, 11) is 0. The highest BCUT2D eigenvalue weighted by Gasteiger charge is 2.28. The summed E-state index contributed by atoms with van der Waals surface area (Å²) in [5, 5.41) is 8.87. The quantitative estimate of drug-likeness (QED) is 0.812. The molecule has 0 saturated carbocycles. The Kier molecular flexibility index (Phi) is 5.37. The molecule has 1 aliphatic rings. The van der Waals surface area contributed by atoms with Gasteiger partial charge in [0.1, 0.15) is 0 Å². The lowest BCUT2D eigenvalue weighted by atomic mass is 10.1. The van der Waals surface area contributed by atoms with Crippen LogP contribution >= 0.6 is 11.8 Å². The van der Waals surface area contributed by atoms with Gasteiger partial charge in [-0.3, -0.25) is 14.6 Å². The number of nitrogens with zero attached hydrogens (tertiary/aromatic N) is 2. The van der Waals surface area contributed by atoms with Crippen molar-refractivity contribution in [2.45, 2.75) is 17.4 Å². The predicted octanol–water partition coefficient (Wildman–Crippen LogP) is 0.876. The maximum Gasteiger partial charge on any atom is 0.305 e. The molecule has 2 heterocycles. The van der Waals surface area contributed by atoms with E-state index in [2.05, 4.69) is 4.98 Å². The SMILES string of the molecule is O=C(O)CC1COCCN1C(=O)CSc1ccncc1. The van der Waals surface area contributed by atoms with Crippen molar-refractivity contribution in [1.29, 1.82) is 0 Å². The molecule has 1 aromatic heterocycles. The van der Waals surface area contributed by atoms with E-state index in [9.17, 15) is 9.59 Å². The van der Waals surface area contributed by atoms with E-state index in [1.54, 1.807) is 17.3 Å². The number of rotatable bonds is 5. The Morgan fingerprint density at radius 1 is 1.45 bits per heavy atom. The summed E-state index contributed by atoms with van der Waals surface area (Å²) in [6.45, 7) is 1.20. The molecule has 1 atom stereocenters. The first kappa shape index (κ1) is 14.8. The molecule has 1 fully saturated rings. The molecule has 0 aromatic carbocycles. The van der Waals surface area contributed by atoms with Gasteiger partial charge in [0.15, 0.2) is 0 Å². The van der Waals surface area contributed by atoms with Crippen molar-refractivity contribution in [2.24, 2.45) is 0 Å². The molecule has 2 rings (SSSR count). The minimum atomic E-state index is -0.917. The van der Waals surface area contributed by atoms with Gasteiger partial charge in [-0.2, -0.15) is 0 Å². The van der Waals surface area contributed by atoms with E-state index >= 15 is 0 Å². The van der Waals surface area contributed by atoms with Crippen LogP contribution in [0.1, 0.15) is 6.42 Å². The maximum atomic E-state index is 12.2. The summed E-state index contributed by atoms with van der Waals surface area (Å²) in [4.78, 5) is 29.5. The summed E-state index contributed by atoms with van der Waals surface area (Å²) in [6.07, 6.45) is 3.27. The molecule has 0 bridgehead atoms. The zero-order chi connectivity index (χ0) is 14.4. The number of carbonyl (C=O) groups excluding carboxylic acids is 1. The number of aliphatic carboxylic acids is 1. The molecular formula is C13H16N2O4S. The number of morpholine rings is 1. The summed E-state index contributed by atoms with van der Waals surface area (Å²) in [5.74, 6) is -0.679. The third-order valence-electron chi connectivity index (χ3n) is 2.97. The minimum Gasteiger partial charge on any atom is -0.481 e. The third-order valence-corrected chi connectivity index (χ3v) is 3.97. The van der Waals surface area contributed by atoms with Gasteiger partial charge in [0.2, 0.25) is 5.91 Å². The van der Waals surface area contributed by atoms with Crippen LogP contribution in [0.4, 0.5) is 0 Å². The lowest BCUT2D eigenvalue weighted by molar-refractivity contribution is -0.144. The molecule has 6 nitrogen and oxygen atoms in total. The van der Waals surface area contributed by atoms with E-state index < -0.39 is 5.97 Å². The molecule has 1 amide bonds. The maximum absolute atomic E-state index is 12.2. The first-order chi connectivity index (χ1) is 9.66. The minimum absolute atomic E-state index is 0.0543. The fourth-order valence-corrected chi connectivity index (χ4v) is 2.79. The summed E-state index contributed by atoms with van der Waals surface area (Å²) < 4.78 is 5.25. The van der Waals surface area contributed by atoms with Gasteiger partial charge in [0.25, 0.3) is 0 Å². The standard InChI is InChI=1S/C13H16N2O4S/c16-12(9-20-11-1-3-14-4-2-11)15-5-6-19-8-10(15)7-13(17)18/h1-4,10H,5-9H2,(H,17,18). The number of aromatic nitrogens is 1. The van der Waals surface area contributed by atoms with Gasteiger partial charge in [0.05, 0.1) is 31.4 Å². The molecule has 1 saturated heterocycles. The zero-order valence-corrected chi connectivity index (χ0v) is 11.7. The fourth-order valence-electron chi connectivity index (χ4n) is 2.02. The first-order valence-corrected chi connectivity index (χ1v) is 7.27. The monoisotopic (exact) mass is 296 g/mol. The van der Waals surface area contributed by atoms with Gasteiger partial charge < -0.3 is 14.7 Å². The van der Waals surface area contributed by atoms with Gasteiger partial charge in [-0.1, -0.05) is 0 Å². The molecule has 0 spiro atoms. The Morgan fingerprint density at radius 2 is 2.20 bits per heavy atom. The first-order valence-electron chi connectivity index (χ1n) is 6.28. The molecule has 1 aliphatic heterocycles. The Morgan fingerprint density at radius 3 is 2.90 bits per heavy atom. The average Bonchev–Trinajstić information content (AvgIpc) is 2.46. The number of carbonyl (C=O) groups is 2. The molecule has 1 unspecified atom stereocenters. The van der Waals surface area contributed by atoms with E-state index in [1.807, 2.05) is 12.1 Å². The van der Waals surface area contributed by atoms with Crippen molar-refractivity contribution in [2.75, 3.05) is 25.5 Å². The molecule has 20 heavy (non-hydrogen) atoms. The van der Waals surface area contributed by atoms with Crippen LogP contribution in [0.15, 0.2) is 29.4 Å². The van der Waals surface area contributed by atoms with Crippen LogP contribution < -0.4 is 0 Å². The van der Waals surface area contributed by atoms with E-state index in [-0.39, 0.29) is 25.0 Å². The van der Waals surface area contributed by atoms with Crippen LogP contribution in [0, 0.1) is 0 Å².